The summed E-state index contributed by atoms with van der Waals surface area (Å²) in [4.78, 5) is 5.01. The van der Waals surface area contributed by atoms with Crippen molar-refractivity contribution >= 4 is 21.4 Å². The molecule has 0 heterocycles. The molecule has 2 aliphatic rings. The van der Waals surface area contributed by atoms with Crippen LogP contribution in [0.2, 0.25) is 0 Å². The number of hydrogen-bond donors (Lipinski definition) is 1. The Morgan fingerprint density at radius 2 is 1.92 bits per heavy atom. The van der Waals surface area contributed by atoms with Crippen LogP contribution in [0, 0.1) is 16.7 Å². The molecule has 0 saturated heterocycles. The lowest BCUT2D eigenvalue weighted by atomic mass is 9.70. The van der Waals surface area contributed by atoms with E-state index in [-0.39, 0.29) is 11.2 Å². The molecule has 1 aromatic carbocycles. The van der Waals surface area contributed by atoms with E-state index in [0.717, 1.165) is 25.0 Å². The van der Waals surface area contributed by atoms with Crippen LogP contribution < -0.4 is 9.46 Å². The van der Waals surface area contributed by atoms with Crippen LogP contribution in [0.3, 0.4) is 0 Å². The number of anilines is 1. The smallest absolute Gasteiger partial charge is 0.233 e. The van der Waals surface area contributed by atoms with E-state index in [1.54, 1.807) is 31.4 Å². The van der Waals surface area contributed by atoms with E-state index < -0.39 is 15.4 Å². The number of benzene rings is 1. The standard InChI is InChI=1S/C18H26N2O4S/c1-17(2)13-9-10-18(17,16(11-13)19-24-4)12-25(21,22)20-14-5-7-15(23-3)8-6-14/h5-8,13,20H,9-12H2,1-4H3. The van der Waals surface area contributed by atoms with E-state index in [0.29, 0.717) is 17.4 Å². The minimum atomic E-state index is -3.53. The van der Waals surface area contributed by atoms with Gasteiger partial charge in [0.05, 0.1) is 18.6 Å². The van der Waals surface area contributed by atoms with E-state index in [4.69, 9.17) is 9.57 Å². The van der Waals surface area contributed by atoms with Crippen molar-refractivity contribution in [3.8, 4) is 5.75 Å². The van der Waals surface area contributed by atoms with Crippen LogP contribution in [0.15, 0.2) is 29.4 Å². The van der Waals surface area contributed by atoms with E-state index in [1.807, 2.05) is 0 Å². The van der Waals surface area contributed by atoms with Gasteiger partial charge < -0.3 is 9.57 Å². The van der Waals surface area contributed by atoms with Gasteiger partial charge in [-0.05, 0) is 54.9 Å². The summed E-state index contributed by atoms with van der Waals surface area (Å²) in [6.07, 6.45) is 2.68. The minimum Gasteiger partial charge on any atom is -0.497 e. The average molecular weight is 366 g/mol. The summed E-state index contributed by atoms with van der Waals surface area (Å²) in [5.74, 6) is 1.17. The summed E-state index contributed by atoms with van der Waals surface area (Å²) in [6.45, 7) is 4.32. The first-order valence-corrected chi connectivity index (χ1v) is 10.1. The van der Waals surface area contributed by atoms with Gasteiger partial charge in [0.2, 0.25) is 10.0 Å². The predicted molar refractivity (Wildman–Crippen MR) is 98.4 cm³/mol. The molecule has 0 spiro atoms. The fourth-order valence-electron chi connectivity index (χ4n) is 4.57. The van der Waals surface area contributed by atoms with E-state index in [1.165, 1.54) is 7.11 Å². The maximum absolute atomic E-state index is 12.9. The number of fused-ring (bicyclic) bond motifs is 2. The molecule has 0 radical (unpaired) electrons. The quantitative estimate of drug-likeness (QED) is 0.784. The highest BCUT2D eigenvalue weighted by atomic mass is 32.2. The van der Waals surface area contributed by atoms with Crippen LogP contribution in [0.4, 0.5) is 5.69 Å². The molecule has 3 rings (SSSR count). The first kappa shape index (κ1) is 18.0. The Morgan fingerprint density at radius 3 is 2.48 bits per heavy atom. The Morgan fingerprint density at radius 1 is 1.24 bits per heavy atom. The van der Waals surface area contributed by atoms with Gasteiger partial charge in [-0.2, -0.15) is 0 Å². The topological polar surface area (TPSA) is 77.0 Å². The lowest BCUT2D eigenvalue weighted by Gasteiger charge is -2.37. The number of nitrogens with one attached hydrogen (secondary N) is 1. The molecular weight excluding hydrogens is 340 g/mol. The van der Waals surface area contributed by atoms with Gasteiger partial charge in [0.25, 0.3) is 0 Å². The van der Waals surface area contributed by atoms with Crippen LogP contribution in [-0.4, -0.2) is 34.1 Å². The van der Waals surface area contributed by atoms with Crippen molar-refractivity contribution in [2.75, 3.05) is 24.7 Å². The monoisotopic (exact) mass is 366 g/mol. The largest absolute Gasteiger partial charge is 0.497 e. The summed E-state index contributed by atoms with van der Waals surface area (Å²) in [5, 5.41) is 4.20. The van der Waals surface area contributed by atoms with Crippen molar-refractivity contribution in [2.45, 2.75) is 33.1 Å². The Kier molecular flexibility index (Phi) is 4.47. The lowest BCUT2D eigenvalue weighted by Crippen LogP contribution is -2.43. The molecule has 6 nitrogen and oxygen atoms in total. The number of methoxy groups -OCH3 is 1. The molecule has 1 N–H and O–H groups in total. The lowest BCUT2D eigenvalue weighted by molar-refractivity contribution is 0.182. The van der Waals surface area contributed by atoms with Crippen molar-refractivity contribution in [1.82, 2.24) is 0 Å². The molecular formula is C18H26N2O4S. The summed E-state index contributed by atoms with van der Waals surface area (Å²) in [5.41, 5.74) is 0.842. The van der Waals surface area contributed by atoms with Crippen molar-refractivity contribution in [1.29, 1.82) is 0 Å². The zero-order valence-corrected chi connectivity index (χ0v) is 16.0. The molecule has 1 aromatic rings. The maximum Gasteiger partial charge on any atom is 0.233 e. The summed E-state index contributed by atoms with van der Waals surface area (Å²) < 4.78 is 33.6. The highest BCUT2D eigenvalue weighted by Gasteiger charge is 2.64. The Balaban J connectivity index is 1.86. The molecule has 7 heteroatoms. The fraction of sp³-hybridized carbons (Fsp3) is 0.611. The minimum absolute atomic E-state index is 0.0255. The Bertz CT molecular complexity index is 771. The summed E-state index contributed by atoms with van der Waals surface area (Å²) >= 11 is 0. The third kappa shape index (κ3) is 2.99. The molecule has 138 valence electrons. The number of ether oxygens (including phenoxy) is 1. The second-order valence-corrected chi connectivity index (χ2v) is 9.28. The molecule has 2 unspecified atom stereocenters. The van der Waals surface area contributed by atoms with Gasteiger partial charge in [0, 0.05) is 11.1 Å². The predicted octanol–water partition coefficient (Wildman–Crippen LogP) is 3.27. The summed E-state index contributed by atoms with van der Waals surface area (Å²) in [7, 11) is -0.436. The molecule has 0 aliphatic heterocycles. The van der Waals surface area contributed by atoms with Crippen LogP contribution in [0.1, 0.15) is 33.1 Å². The van der Waals surface area contributed by atoms with Gasteiger partial charge in [0.15, 0.2) is 0 Å². The van der Waals surface area contributed by atoms with Crippen LogP contribution >= 0.6 is 0 Å². The van der Waals surface area contributed by atoms with Crippen molar-refractivity contribution in [2.24, 2.45) is 21.9 Å². The highest BCUT2D eigenvalue weighted by Crippen LogP contribution is 2.64. The molecule has 2 aliphatic carbocycles. The third-order valence-corrected chi connectivity index (χ3v) is 7.59. The van der Waals surface area contributed by atoms with Gasteiger partial charge in [-0.25, -0.2) is 8.42 Å². The third-order valence-electron chi connectivity index (χ3n) is 6.17. The SMILES string of the molecule is CON=C1CC2CCC1(CS(=O)(=O)Nc1ccc(OC)cc1)C2(C)C. The van der Waals surface area contributed by atoms with Gasteiger partial charge in [-0.15, -0.1) is 0 Å². The molecule has 2 bridgehead atoms. The molecule has 0 amide bonds. The summed E-state index contributed by atoms with van der Waals surface area (Å²) in [6, 6.07) is 6.88. The van der Waals surface area contributed by atoms with E-state index >= 15 is 0 Å². The van der Waals surface area contributed by atoms with Crippen molar-refractivity contribution in [3.63, 3.8) is 0 Å². The molecule has 2 saturated carbocycles. The molecule has 0 aromatic heterocycles. The van der Waals surface area contributed by atoms with Gasteiger partial charge in [-0.3, -0.25) is 4.72 Å². The maximum atomic E-state index is 12.9. The second kappa shape index (κ2) is 6.20. The van der Waals surface area contributed by atoms with Crippen LogP contribution in [-0.2, 0) is 14.9 Å². The van der Waals surface area contributed by atoms with Crippen molar-refractivity contribution < 1.29 is 18.0 Å². The number of rotatable bonds is 6. The number of nitrogens with zero attached hydrogens (tertiary/aromatic N) is 1. The Labute approximate surface area is 149 Å². The molecule has 2 fully saturated rings. The van der Waals surface area contributed by atoms with Crippen LogP contribution in [0.25, 0.3) is 0 Å². The molecule has 2 atom stereocenters. The Hall–Kier alpha value is -1.76. The van der Waals surface area contributed by atoms with Gasteiger partial charge in [0.1, 0.15) is 12.9 Å². The van der Waals surface area contributed by atoms with Gasteiger partial charge >= 0.3 is 0 Å². The molecule has 25 heavy (non-hydrogen) atoms. The zero-order chi connectivity index (χ0) is 18.3. The zero-order valence-electron chi connectivity index (χ0n) is 15.2. The van der Waals surface area contributed by atoms with Crippen LogP contribution in [0.5, 0.6) is 5.75 Å². The fourth-order valence-corrected chi connectivity index (χ4v) is 6.47. The van der Waals surface area contributed by atoms with E-state index in [9.17, 15) is 8.42 Å². The van der Waals surface area contributed by atoms with E-state index in [2.05, 4.69) is 23.7 Å². The van der Waals surface area contributed by atoms with Crippen molar-refractivity contribution in [3.05, 3.63) is 24.3 Å². The first-order chi connectivity index (χ1) is 11.7. The number of sulfonamides is 1. The van der Waals surface area contributed by atoms with Gasteiger partial charge in [-0.1, -0.05) is 19.0 Å². The second-order valence-electron chi connectivity index (χ2n) is 7.55. The number of hydrogen-bond acceptors (Lipinski definition) is 5. The average Bonchev–Trinajstić information content (AvgIpc) is 2.89. The first-order valence-electron chi connectivity index (χ1n) is 8.49. The normalized spacial score (nSPS) is 29.0. The number of oxime groups is 1. The highest BCUT2D eigenvalue weighted by molar-refractivity contribution is 7.92.